The van der Waals surface area contributed by atoms with Gasteiger partial charge in [0.15, 0.2) is 0 Å². The molecule has 2 nitrogen and oxygen atoms in total. The average molecular weight is 479 g/mol. The first kappa shape index (κ1) is 23.7. The molecule has 35 heavy (non-hydrogen) atoms. The SMILES string of the molecule is Cc1cc(C)c(-c2sc3c(-c4cc(C(C)(C)C)c5ccccc5c4)ncnc3c2C(C)C)c(C)c1. The summed E-state index contributed by atoms with van der Waals surface area (Å²) in [6, 6.07) is 17.9. The molecule has 0 N–H and O–H groups in total. The van der Waals surface area contributed by atoms with Gasteiger partial charge in [-0.15, -0.1) is 11.3 Å². The quantitative estimate of drug-likeness (QED) is 0.258. The fraction of sp³-hybridized carbons (Fsp3) is 0.312. The molecule has 0 saturated heterocycles. The lowest BCUT2D eigenvalue weighted by Crippen LogP contribution is -2.12. The summed E-state index contributed by atoms with van der Waals surface area (Å²) in [7, 11) is 0. The van der Waals surface area contributed by atoms with Crippen LogP contribution in [0, 0.1) is 20.8 Å². The lowest BCUT2D eigenvalue weighted by atomic mass is 9.82. The molecule has 5 aromatic rings. The van der Waals surface area contributed by atoms with Crippen molar-refractivity contribution in [3.05, 3.63) is 82.7 Å². The molecular formula is C32H34N2S. The summed E-state index contributed by atoms with van der Waals surface area (Å²) in [4.78, 5) is 11.1. The molecule has 3 heteroatoms. The van der Waals surface area contributed by atoms with E-state index in [4.69, 9.17) is 9.97 Å². The molecule has 0 aliphatic heterocycles. The van der Waals surface area contributed by atoms with Crippen molar-refractivity contribution in [3.63, 3.8) is 0 Å². The molecule has 178 valence electrons. The second kappa shape index (κ2) is 8.57. The Labute approximate surface area is 213 Å². The van der Waals surface area contributed by atoms with Crippen LogP contribution in [0.3, 0.4) is 0 Å². The van der Waals surface area contributed by atoms with E-state index >= 15 is 0 Å². The van der Waals surface area contributed by atoms with E-state index in [0.29, 0.717) is 5.92 Å². The van der Waals surface area contributed by atoms with Gasteiger partial charge in [-0.25, -0.2) is 9.97 Å². The molecule has 0 aliphatic rings. The molecule has 0 atom stereocenters. The van der Waals surface area contributed by atoms with Crippen molar-refractivity contribution in [2.24, 2.45) is 0 Å². The van der Waals surface area contributed by atoms with Gasteiger partial charge in [-0.3, -0.25) is 0 Å². The molecule has 0 spiro atoms. The molecule has 0 radical (unpaired) electrons. The Bertz CT molecular complexity index is 1560. The number of aromatic nitrogens is 2. The Hall–Kier alpha value is -3.04. The fourth-order valence-electron chi connectivity index (χ4n) is 5.46. The van der Waals surface area contributed by atoms with Gasteiger partial charge >= 0.3 is 0 Å². The van der Waals surface area contributed by atoms with Crippen LogP contribution >= 0.6 is 11.3 Å². The van der Waals surface area contributed by atoms with E-state index in [-0.39, 0.29) is 5.41 Å². The smallest absolute Gasteiger partial charge is 0.116 e. The van der Waals surface area contributed by atoms with Crippen LogP contribution < -0.4 is 0 Å². The monoisotopic (exact) mass is 478 g/mol. The molecule has 0 amide bonds. The van der Waals surface area contributed by atoms with Gasteiger partial charge < -0.3 is 0 Å². The highest BCUT2D eigenvalue weighted by Gasteiger charge is 2.24. The van der Waals surface area contributed by atoms with Gasteiger partial charge in [0.2, 0.25) is 0 Å². The van der Waals surface area contributed by atoms with Crippen LogP contribution in [0.5, 0.6) is 0 Å². The summed E-state index contributed by atoms with van der Waals surface area (Å²) in [6.45, 7) is 18.1. The van der Waals surface area contributed by atoms with Crippen LogP contribution in [-0.2, 0) is 5.41 Å². The Morgan fingerprint density at radius 1 is 0.857 bits per heavy atom. The third-order valence-electron chi connectivity index (χ3n) is 6.93. The van der Waals surface area contributed by atoms with Gasteiger partial charge in [0.25, 0.3) is 0 Å². The molecule has 2 heterocycles. The highest BCUT2D eigenvalue weighted by atomic mass is 32.1. The van der Waals surface area contributed by atoms with Crippen LogP contribution in [0.2, 0.25) is 0 Å². The summed E-state index contributed by atoms with van der Waals surface area (Å²) in [5.41, 5.74) is 11.3. The third kappa shape index (κ3) is 4.06. The lowest BCUT2D eigenvalue weighted by Gasteiger charge is -2.22. The topological polar surface area (TPSA) is 25.8 Å². The van der Waals surface area contributed by atoms with E-state index in [2.05, 4.69) is 104 Å². The molecule has 0 saturated carbocycles. The van der Waals surface area contributed by atoms with Gasteiger partial charge in [-0.05, 0) is 82.8 Å². The molecular weight excluding hydrogens is 444 g/mol. The van der Waals surface area contributed by atoms with Crippen molar-refractivity contribution < 1.29 is 0 Å². The van der Waals surface area contributed by atoms with Crippen LogP contribution in [0.4, 0.5) is 0 Å². The minimum absolute atomic E-state index is 0.0294. The van der Waals surface area contributed by atoms with E-state index in [9.17, 15) is 0 Å². The van der Waals surface area contributed by atoms with Gasteiger partial charge in [0.05, 0.1) is 15.9 Å². The van der Waals surface area contributed by atoms with Crippen molar-refractivity contribution in [2.75, 3.05) is 0 Å². The fourth-order valence-corrected chi connectivity index (χ4v) is 7.06. The number of fused-ring (bicyclic) bond motifs is 2. The summed E-state index contributed by atoms with van der Waals surface area (Å²) in [6.07, 6.45) is 1.75. The van der Waals surface area contributed by atoms with E-state index in [1.165, 1.54) is 59.3 Å². The van der Waals surface area contributed by atoms with Crippen molar-refractivity contribution in [1.29, 1.82) is 0 Å². The number of hydrogen-bond donors (Lipinski definition) is 0. The van der Waals surface area contributed by atoms with Crippen LogP contribution in [0.25, 0.3) is 42.7 Å². The predicted octanol–water partition coefficient (Wildman–Crippen LogP) is 9.52. The van der Waals surface area contributed by atoms with E-state index < -0.39 is 0 Å². The van der Waals surface area contributed by atoms with Crippen molar-refractivity contribution in [1.82, 2.24) is 9.97 Å². The molecule has 0 unspecified atom stereocenters. The van der Waals surface area contributed by atoms with Crippen molar-refractivity contribution in [2.45, 2.75) is 66.7 Å². The first-order valence-electron chi connectivity index (χ1n) is 12.5. The summed E-state index contributed by atoms with van der Waals surface area (Å²) in [5, 5.41) is 2.57. The van der Waals surface area contributed by atoms with Crippen LogP contribution in [0.1, 0.15) is 68.4 Å². The maximum absolute atomic E-state index is 4.87. The molecule has 0 aliphatic carbocycles. The summed E-state index contributed by atoms with van der Waals surface area (Å²) < 4.78 is 1.18. The number of benzene rings is 3. The van der Waals surface area contributed by atoms with Gasteiger partial charge in [0.1, 0.15) is 6.33 Å². The van der Waals surface area contributed by atoms with E-state index in [1.807, 2.05) is 11.3 Å². The van der Waals surface area contributed by atoms with Gasteiger partial charge in [-0.2, -0.15) is 0 Å². The number of aryl methyl sites for hydroxylation is 3. The molecule has 0 bridgehead atoms. The zero-order chi connectivity index (χ0) is 25.1. The first-order valence-corrected chi connectivity index (χ1v) is 13.3. The second-order valence-electron chi connectivity index (χ2n) is 11.2. The van der Waals surface area contributed by atoms with Crippen molar-refractivity contribution in [3.8, 4) is 21.7 Å². The second-order valence-corrected chi connectivity index (χ2v) is 12.2. The Kier molecular flexibility index (Phi) is 5.80. The van der Waals surface area contributed by atoms with Crippen molar-refractivity contribution >= 4 is 32.3 Å². The Balaban J connectivity index is 1.84. The minimum Gasteiger partial charge on any atom is -0.235 e. The number of thiophene rings is 1. The van der Waals surface area contributed by atoms with Crippen LogP contribution in [0.15, 0.2) is 54.9 Å². The summed E-state index contributed by atoms with van der Waals surface area (Å²) in [5.74, 6) is 0.364. The number of rotatable bonds is 3. The Morgan fingerprint density at radius 2 is 1.54 bits per heavy atom. The molecule has 2 aromatic heterocycles. The maximum Gasteiger partial charge on any atom is 0.116 e. The number of hydrogen-bond acceptors (Lipinski definition) is 3. The molecule has 0 fully saturated rings. The van der Waals surface area contributed by atoms with Gasteiger partial charge in [-0.1, -0.05) is 76.6 Å². The highest BCUT2D eigenvalue weighted by molar-refractivity contribution is 7.23. The standard InChI is InChI=1S/C32H34N2S/c1-18(2)26-29-31(35-30(26)27-20(4)13-19(3)14-21(27)5)28(33-17-34-29)23-15-22-11-9-10-12-24(22)25(16-23)32(6,7)8/h9-18H,1-8H3. The maximum atomic E-state index is 4.87. The zero-order valence-electron chi connectivity index (χ0n) is 22.1. The first-order chi connectivity index (χ1) is 16.6. The average Bonchev–Trinajstić information content (AvgIpc) is 3.16. The third-order valence-corrected chi connectivity index (χ3v) is 8.15. The summed E-state index contributed by atoms with van der Waals surface area (Å²) >= 11 is 1.85. The zero-order valence-corrected chi connectivity index (χ0v) is 22.9. The normalized spacial score (nSPS) is 12.3. The Morgan fingerprint density at radius 3 is 2.20 bits per heavy atom. The predicted molar refractivity (Wildman–Crippen MR) is 153 cm³/mol. The van der Waals surface area contributed by atoms with E-state index in [0.717, 1.165) is 11.2 Å². The highest BCUT2D eigenvalue weighted by Crippen LogP contribution is 2.47. The minimum atomic E-state index is 0.0294. The number of nitrogens with zero attached hydrogens (tertiary/aromatic N) is 2. The van der Waals surface area contributed by atoms with E-state index in [1.54, 1.807) is 6.33 Å². The largest absolute Gasteiger partial charge is 0.235 e. The molecule has 5 rings (SSSR count). The van der Waals surface area contributed by atoms with Gasteiger partial charge in [0, 0.05) is 10.4 Å². The lowest BCUT2D eigenvalue weighted by molar-refractivity contribution is 0.596. The van der Waals surface area contributed by atoms with Crippen LogP contribution in [-0.4, -0.2) is 9.97 Å². The molecule has 3 aromatic carbocycles.